The Kier molecular flexibility index (Phi) is 5.48. The normalized spacial score (nSPS) is 22.6. The molecule has 1 aliphatic carbocycles. The average Bonchev–Trinajstić information content (AvgIpc) is 2.90. The first-order chi connectivity index (χ1) is 8.79. The third-order valence-electron chi connectivity index (χ3n) is 4.78. The van der Waals surface area contributed by atoms with Gasteiger partial charge in [-0.2, -0.15) is 0 Å². The minimum atomic E-state index is 0.396. The Balaban J connectivity index is 1.64. The Morgan fingerprint density at radius 3 is 2.22 bits per heavy atom. The molecule has 18 heavy (non-hydrogen) atoms. The second kappa shape index (κ2) is 7.13. The lowest BCUT2D eigenvalue weighted by atomic mass is 9.93. The van der Waals surface area contributed by atoms with E-state index >= 15 is 0 Å². The molecule has 3 heteroatoms. The van der Waals surface area contributed by atoms with Crippen LogP contribution >= 0.6 is 0 Å². The van der Waals surface area contributed by atoms with Gasteiger partial charge in [-0.25, -0.2) is 0 Å². The van der Waals surface area contributed by atoms with E-state index in [9.17, 15) is 4.79 Å². The molecule has 0 aromatic rings. The molecular formula is C15H28N2O. The molecule has 0 aromatic carbocycles. The van der Waals surface area contributed by atoms with Crippen molar-refractivity contribution in [2.75, 3.05) is 19.6 Å². The van der Waals surface area contributed by atoms with Crippen molar-refractivity contribution < 1.29 is 4.79 Å². The summed E-state index contributed by atoms with van der Waals surface area (Å²) < 4.78 is 0. The summed E-state index contributed by atoms with van der Waals surface area (Å²) in [6, 6.07) is 0. The summed E-state index contributed by atoms with van der Waals surface area (Å²) in [5.41, 5.74) is 5.59. The lowest BCUT2D eigenvalue weighted by molar-refractivity contribution is -0.132. The Labute approximate surface area is 111 Å². The predicted octanol–water partition coefficient (Wildman–Crippen LogP) is 2.54. The SMILES string of the molecule is NCCC1CCN(C(=O)CCC2CCCC2)CC1. The van der Waals surface area contributed by atoms with Crippen molar-refractivity contribution in [1.82, 2.24) is 4.90 Å². The van der Waals surface area contributed by atoms with E-state index in [1.165, 1.54) is 25.7 Å². The fraction of sp³-hybridized carbons (Fsp3) is 0.933. The van der Waals surface area contributed by atoms with Gasteiger partial charge in [0.25, 0.3) is 0 Å². The number of nitrogens with two attached hydrogens (primary N) is 1. The monoisotopic (exact) mass is 252 g/mol. The van der Waals surface area contributed by atoms with E-state index in [2.05, 4.69) is 4.90 Å². The molecule has 2 rings (SSSR count). The maximum absolute atomic E-state index is 12.1. The van der Waals surface area contributed by atoms with Crippen molar-refractivity contribution in [3.8, 4) is 0 Å². The predicted molar refractivity (Wildman–Crippen MR) is 74.2 cm³/mol. The highest BCUT2D eigenvalue weighted by molar-refractivity contribution is 5.76. The first-order valence-corrected chi connectivity index (χ1v) is 7.77. The zero-order valence-electron chi connectivity index (χ0n) is 11.6. The lowest BCUT2D eigenvalue weighted by Crippen LogP contribution is -2.38. The molecule has 1 saturated carbocycles. The van der Waals surface area contributed by atoms with Crippen LogP contribution in [-0.2, 0) is 4.79 Å². The molecule has 0 unspecified atom stereocenters. The van der Waals surface area contributed by atoms with Crippen LogP contribution in [0.2, 0.25) is 0 Å². The molecule has 2 aliphatic rings. The molecule has 3 nitrogen and oxygen atoms in total. The summed E-state index contributed by atoms with van der Waals surface area (Å²) in [6.45, 7) is 2.72. The number of amides is 1. The van der Waals surface area contributed by atoms with E-state index < -0.39 is 0 Å². The van der Waals surface area contributed by atoms with E-state index in [0.29, 0.717) is 5.91 Å². The summed E-state index contributed by atoms with van der Waals surface area (Å²) in [4.78, 5) is 14.2. The Morgan fingerprint density at radius 2 is 1.61 bits per heavy atom. The molecule has 2 fully saturated rings. The van der Waals surface area contributed by atoms with Crippen LogP contribution in [-0.4, -0.2) is 30.4 Å². The van der Waals surface area contributed by atoms with Crippen LogP contribution < -0.4 is 5.73 Å². The molecule has 1 heterocycles. The van der Waals surface area contributed by atoms with Crippen LogP contribution in [0.4, 0.5) is 0 Å². The van der Waals surface area contributed by atoms with Gasteiger partial charge < -0.3 is 10.6 Å². The van der Waals surface area contributed by atoms with E-state index in [4.69, 9.17) is 5.73 Å². The first kappa shape index (κ1) is 13.9. The minimum absolute atomic E-state index is 0.396. The highest BCUT2D eigenvalue weighted by Crippen LogP contribution is 2.29. The van der Waals surface area contributed by atoms with E-state index in [1.54, 1.807) is 0 Å². The molecule has 0 spiro atoms. The second-order valence-corrected chi connectivity index (χ2v) is 6.09. The van der Waals surface area contributed by atoms with Gasteiger partial charge in [0.15, 0.2) is 0 Å². The highest BCUT2D eigenvalue weighted by atomic mass is 16.2. The van der Waals surface area contributed by atoms with Crippen LogP contribution in [0.15, 0.2) is 0 Å². The smallest absolute Gasteiger partial charge is 0.222 e. The molecule has 1 amide bonds. The summed E-state index contributed by atoms with van der Waals surface area (Å²) in [7, 11) is 0. The van der Waals surface area contributed by atoms with Crippen molar-refractivity contribution in [3.05, 3.63) is 0 Å². The number of hydrogen-bond acceptors (Lipinski definition) is 2. The topological polar surface area (TPSA) is 46.3 Å². The standard InChI is InChI=1S/C15H28N2O/c16-10-7-14-8-11-17(12-9-14)15(18)6-5-13-3-1-2-4-13/h13-14H,1-12,16H2. The van der Waals surface area contributed by atoms with Crippen LogP contribution in [0.1, 0.15) is 57.8 Å². The van der Waals surface area contributed by atoms with Gasteiger partial charge in [-0.1, -0.05) is 25.7 Å². The van der Waals surface area contributed by atoms with Crippen LogP contribution in [0.3, 0.4) is 0 Å². The summed E-state index contributed by atoms with van der Waals surface area (Å²) in [5.74, 6) is 1.99. The molecule has 0 atom stereocenters. The quantitative estimate of drug-likeness (QED) is 0.817. The number of carbonyl (C=O) groups is 1. The zero-order chi connectivity index (χ0) is 12.8. The van der Waals surface area contributed by atoms with Crippen molar-refractivity contribution >= 4 is 5.91 Å². The van der Waals surface area contributed by atoms with Crippen LogP contribution in [0.25, 0.3) is 0 Å². The molecule has 0 radical (unpaired) electrons. The first-order valence-electron chi connectivity index (χ1n) is 7.77. The van der Waals surface area contributed by atoms with E-state index in [-0.39, 0.29) is 0 Å². The third-order valence-corrected chi connectivity index (χ3v) is 4.78. The number of piperidine rings is 1. The number of likely N-dealkylation sites (tertiary alicyclic amines) is 1. The number of hydrogen-bond donors (Lipinski definition) is 1. The van der Waals surface area contributed by atoms with Gasteiger partial charge in [-0.3, -0.25) is 4.79 Å². The van der Waals surface area contributed by atoms with Crippen LogP contribution in [0, 0.1) is 11.8 Å². The maximum Gasteiger partial charge on any atom is 0.222 e. The van der Waals surface area contributed by atoms with Crippen molar-refractivity contribution in [2.24, 2.45) is 17.6 Å². The minimum Gasteiger partial charge on any atom is -0.343 e. The van der Waals surface area contributed by atoms with Gasteiger partial charge in [0, 0.05) is 19.5 Å². The summed E-state index contributed by atoms with van der Waals surface area (Å²) in [5, 5.41) is 0. The van der Waals surface area contributed by atoms with Gasteiger partial charge in [-0.05, 0) is 44.1 Å². The molecule has 2 N–H and O–H groups in total. The van der Waals surface area contributed by atoms with E-state index in [0.717, 1.165) is 63.6 Å². The Bertz CT molecular complexity index is 253. The molecule has 0 aromatic heterocycles. The Hall–Kier alpha value is -0.570. The van der Waals surface area contributed by atoms with Gasteiger partial charge in [0.2, 0.25) is 5.91 Å². The molecule has 0 bridgehead atoms. The zero-order valence-corrected chi connectivity index (χ0v) is 11.6. The third kappa shape index (κ3) is 3.98. The fourth-order valence-electron chi connectivity index (χ4n) is 3.49. The molecule has 1 saturated heterocycles. The van der Waals surface area contributed by atoms with Gasteiger partial charge in [0.1, 0.15) is 0 Å². The Morgan fingerprint density at radius 1 is 1.00 bits per heavy atom. The van der Waals surface area contributed by atoms with E-state index in [1.807, 2.05) is 0 Å². The van der Waals surface area contributed by atoms with Crippen molar-refractivity contribution in [3.63, 3.8) is 0 Å². The van der Waals surface area contributed by atoms with Gasteiger partial charge in [0.05, 0.1) is 0 Å². The maximum atomic E-state index is 12.1. The summed E-state index contributed by atoms with van der Waals surface area (Å²) in [6.07, 6.45) is 10.8. The number of nitrogens with zero attached hydrogens (tertiary/aromatic N) is 1. The van der Waals surface area contributed by atoms with Gasteiger partial charge in [-0.15, -0.1) is 0 Å². The summed E-state index contributed by atoms with van der Waals surface area (Å²) >= 11 is 0. The fourth-order valence-corrected chi connectivity index (χ4v) is 3.49. The van der Waals surface area contributed by atoms with Crippen molar-refractivity contribution in [2.45, 2.75) is 57.8 Å². The number of carbonyl (C=O) groups excluding carboxylic acids is 1. The molecular weight excluding hydrogens is 224 g/mol. The lowest BCUT2D eigenvalue weighted by Gasteiger charge is -2.32. The van der Waals surface area contributed by atoms with Crippen molar-refractivity contribution in [1.29, 1.82) is 0 Å². The largest absolute Gasteiger partial charge is 0.343 e. The number of rotatable bonds is 5. The van der Waals surface area contributed by atoms with Crippen LogP contribution in [0.5, 0.6) is 0 Å². The molecule has 1 aliphatic heterocycles. The second-order valence-electron chi connectivity index (χ2n) is 6.09. The van der Waals surface area contributed by atoms with Gasteiger partial charge >= 0.3 is 0 Å². The average molecular weight is 252 g/mol. The highest BCUT2D eigenvalue weighted by Gasteiger charge is 2.23. The molecule has 104 valence electrons.